The van der Waals surface area contributed by atoms with E-state index in [1.807, 2.05) is 38.1 Å². The Morgan fingerprint density at radius 1 is 1.11 bits per heavy atom. The van der Waals surface area contributed by atoms with Crippen molar-refractivity contribution in [2.75, 3.05) is 0 Å². The van der Waals surface area contributed by atoms with E-state index in [1.54, 1.807) is 0 Å². The number of benzene rings is 2. The van der Waals surface area contributed by atoms with Crippen LogP contribution in [0.15, 0.2) is 49.0 Å². The molecular formula is C18H17Cl. The summed E-state index contributed by atoms with van der Waals surface area (Å²) < 4.78 is 0. The van der Waals surface area contributed by atoms with Gasteiger partial charge in [0.05, 0.1) is 0 Å². The Morgan fingerprint density at radius 3 is 2.58 bits per heavy atom. The van der Waals surface area contributed by atoms with Crippen LogP contribution in [0.3, 0.4) is 0 Å². The first kappa shape index (κ1) is 13.6. The lowest BCUT2D eigenvalue weighted by Crippen LogP contribution is -1.80. The summed E-state index contributed by atoms with van der Waals surface area (Å²) in [5.41, 5.74) is 5.59. The largest absolute Gasteiger partial charge is 0.0955 e. The van der Waals surface area contributed by atoms with Gasteiger partial charge in [-0.1, -0.05) is 66.2 Å². The summed E-state index contributed by atoms with van der Waals surface area (Å²) in [6.45, 7) is 8.01. The maximum Gasteiger partial charge on any atom is 0.0481 e. The number of aryl methyl sites for hydroxylation is 1. The molecule has 19 heavy (non-hydrogen) atoms. The molecule has 2 aromatic carbocycles. The van der Waals surface area contributed by atoms with E-state index in [2.05, 4.69) is 36.9 Å². The third-order valence-corrected chi connectivity index (χ3v) is 3.32. The highest BCUT2D eigenvalue weighted by atomic mass is 35.5. The maximum absolute atomic E-state index is 6.21. The Morgan fingerprint density at radius 2 is 1.89 bits per heavy atom. The van der Waals surface area contributed by atoms with Gasteiger partial charge in [0.2, 0.25) is 0 Å². The van der Waals surface area contributed by atoms with Gasteiger partial charge in [-0.15, -0.1) is 0 Å². The molecule has 0 spiro atoms. The SMILES string of the molecule is C=C(C)c1cccc(/C=C/c2ccc(C)cc2Cl)c1. The molecule has 0 amide bonds. The summed E-state index contributed by atoms with van der Waals surface area (Å²) in [4.78, 5) is 0. The molecule has 0 radical (unpaired) electrons. The van der Waals surface area contributed by atoms with Crippen LogP contribution in [0.5, 0.6) is 0 Å². The molecule has 0 saturated heterocycles. The van der Waals surface area contributed by atoms with Gasteiger partial charge < -0.3 is 0 Å². The Labute approximate surface area is 120 Å². The fourth-order valence-corrected chi connectivity index (χ4v) is 2.16. The third-order valence-electron chi connectivity index (χ3n) is 2.99. The van der Waals surface area contributed by atoms with E-state index in [0.29, 0.717) is 0 Å². The van der Waals surface area contributed by atoms with Crippen molar-refractivity contribution in [1.82, 2.24) is 0 Å². The number of allylic oxidation sites excluding steroid dienone is 1. The molecule has 0 bridgehead atoms. The van der Waals surface area contributed by atoms with Crippen molar-refractivity contribution in [1.29, 1.82) is 0 Å². The van der Waals surface area contributed by atoms with Crippen molar-refractivity contribution < 1.29 is 0 Å². The molecule has 0 aliphatic carbocycles. The molecule has 0 unspecified atom stereocenters. The van der Waals surface area contributed by atoms with Crippen LogP contribution in [0.4, 0.5) is 0 Å². The summed E-state index contributed by atoms with van der Waals surface area (Å²) in [5.74, 6) is 0. The third kappa shape index (κ3) is 3.59. The molecule has 2 aromatic rings. The zero-order chi connectivity index (χ0) is 13.8. The van der Waals surface area contributed by atoms with Gasteiger partial charge in [0.25, 0.3) is 0 Å². The van der Waals surface area contributed by atoms with E-state index in [1.165, 1.54) is 5.56 Å². The van der Waals surface area contributed by atoms with Crippen LogP contribution >= 0.6 is 11.6 Å². The van der Waals surface area contributed by atoms with Crippen LogP contribution in [0, 0.1) is 6.92 Å². The van der Waals surface area contributed by atoms with Crippen LogP contribution in [-0.4, -0.2) is 0 Å². The van der Waals surface area contributed by atoms with Crippen molar-refractivity contribution in [3.63, 3.8) is 0 Å². The normalized spacial score (nSPS) is 10.9. The molecule has 0 nitrogen and oxygen atoms in total. The second-order valence-electron chi connectivity index (χ2n) is 4.76. The highest BCUT2D eigenvalue weighted by Gasteiger charge is 1.97. The highest BCUT2D eigenvalue weighted by molar-refractivity contribution is 6.32. The van der Waals surface area contributed by atoms with E-state index in [0.717, 1.165) is 27.3 Å². The Kier molecular flexibility index (Phi) is 4.24. The van der Waals surface area contributed by atoms with Crippen molar-refractivity contribution >= 4 is 29.3 Å². The zero-order valence-electron chi connectivity index (χ0n) is 11.3. The number of hydrogen-bond acceptors (Lipinski definition) is 0. The van der Waals surface area contributed by atoms with Crippen LogP contribution in [0.2, 0.25) is 5.02 Å². The minimum Gasteiger partial charge on any atom is -0.0955 e. The molecule has 1 heteroatoms. The second kappa shape index (κ2) is 5.90. The lowest BCUT2D eigenvalue weighted by molar-refractivity contribution is 1.46. The molecular weight excluding hydrogens is 252 g/mol. The van der Waals surface area contributed by atoms with E-state index < -0.39 is 0 Å². The first-order chi connectivity index (χ1) is 9.06. The molecule has 0 atom stereocenters. The first-order valence-electron chi connectivity index (χ1n) is 6.26. The highest BCUT2D eigenvalue weighted by Crippen LogP contribution is 2.21. The molecule has 0 aliphatic rings. The standard InChI is InChI=1S/C18H17Cl/c1-13(2)17-6-4-5-15(12-17)8-10-16-9-7-14(3)11-18(16)19/h4-12H,1H2,2-3H3/b10-8+. The number of halogens is 1. The van der Waals surface area contributed by atoms with Crippen molar-refractivity contribution in [3.8, 4) is 0 Å². The monoisotopic (exact) mass is 268 g/mol. The molecule has 0 fully saturated rings. The number of hydrogen-bond donors (Lipinski definition) is 0. The summed E-state index contributed by atoms with van der Waals surface area (Å²) in [6.07, 6.45) is 4.11. The van der Waals surface area contributed by atoms with Crippen molar-refractivity contribution in [3.05, 3.63) is 76.3 Å². The Balaban J connectivity index is 2.27. The van der Waals surface area contributed by atoms with E-state index in [9.17, 15) is 0 Å². The van der Waals surface area contributed by atoms with Crippen LogP contribution in [0.1, 0.15) is 29.2 Å². The van der Waals surface area contributed by atoms with Gasteiger partial charge >= 0.3 is 0 Å². The lowest BCUT2D eigenvalue weighted by atomic mass is 10.0. The smallest absolute Gasteiger partial charge is 0.0481 e. The molecule has 0 aliphatic heterocycles. The van der Waals surface area contributed by atoms with Crippen LogP contribution in [0.25, 0.3) is 17.7 Å². The van der Waals surface area contributed by atoms with Gasteiger partial charge in [0.1, 0.15) is 0 Å². The average molecular weight is 269 g/mol. The molecule has 0 saturated carbocycles. The molecule has 0 N–H and O–H groups in total. The van der Waals surface area contributed by atoms with Crippen molar-refractivity contribution in [2.24, 2.45) is 0 Å². The quantitative estimate of drug-likeness (QED) is 0.612. The minimum absolute atomic E-state index is 0.785. The number of rotatable bonds is 3. The van der Waals surface area contributed by atoms with Gasteiger partial charge in [-0.2, -0.15) is 0 Å². The topological polar surface area (TPSA) is 0 Å². The van der Waals surface area contributed by atoms with Crippen LogP contribution in [-0.2, 0) is 0 Å². The maximum atomic E-state index is 6.21. The average Bonchev–Trinajstić information content (AvgIpc) is 2.38. The van der Waals surface area contributed by atoms with Crippen LogP contribution < -0.4 is 0 Å². The summed E-state index contributed by atoms with van der Waals surface area (Å²) in [5, 5.41) is 0.785. The lowest BCUT2D eigenvalue weighted by Gasteiger charge is -2.02. The van der Waals surface area contributed by atoms with Gasteiger partial charge in [0, 0.05) is 5.02 Å². The predicted octanol–water partition coefficient (Wildman–Crippen LogP) is 5.85. The molecule has 0 heterocycles. The minimum atomic E-state index is 0.785. The summed E-state index contributed by atoms with van der Waals surface area (Å²) in [6, 6.07) is 14.4. The van der Waals surface area contributed by atoms with Gasteiger partial charge in [0.15, 0.2) is 0 Å². The Hall–Kier alpha value is -1.79. The van der Waals surface area contributed by atoms with Gasteiger partial charge in [-0.05, 0) is 48.2 Å². The Bertz CT molecular complexity index is 636. The van der Waals surface area contributed by atoms with Crippen molar-refractivity contribution in [2.45, 2.75) is 13.8 Å². The second-order valence-corrected chi connectivity index (χ2v) is 5.17. The summed E-state index contributed by atoms with van der Waals surface area (Å²) in [7, 11) is 0. The predicted molar refractivity (Wildman–Crippen MR) is 86.3 cm³/mol. The fourth-order valence-electron chi connectivity index (χ4n) is 1.86. The van der Waals surface area contributed by atoms with E-state index in [-0.39, 0.29) is 0 Å². The van der Waals surface area contributed by atoms with Gasteiger partial charge in [-0.25, -0.2) is 0 Å². The van der Waals surface area contributed by atoms with E-state index >= 15 is 0 Å². The summed E-state index contributed by atoms with van der Waals surface area (Å²) >= 11 is 6.21. The molecule has 96 valence electrons. The van der Waals surface area contributed by atoms with Gasteiger partial charge in [-0.3, -0.25) is 0 Å². The fraction of sp³-hybridized carbons (Fsp3) is 0.111. The molecule has 2 rings (SSSR count). The zero-order valence-corrected chi connectivity index (χ0v) is 12.0. The molecule has 0 aromatic heterocycles. The first-order valence-corrected chi connectivity index (χ1v) is 6.64. The van der Waals surface area contributed by atoms with E-state index in [4.69, 9.17) is 11.6 Å².